The number of benzene rings is 2. The van der Waals surface area contributed by atoms with Gasteiger partial charge in [0.2, 0.25) is 5.91 Å². The highest BCUT2D eigenvalue weighted by molar-refractivity contribution is 6.42. The van der Waals surface area contributed by atoms with Crippen LogP contribution in [0.1, 0.15) is 24.8 Å². The van der Waals surface area contributed by atoms with Crippen LogP contribution in [-0.4, -0.2) is 61.0 Å². The SMILES string of the molecule is O=C(/C=C/c1ccc(Cl)c(Cl)c1)NCCCCCN1CCN(C(=O)Nc2ccc(F)c(Cl)c2)CC1. The fourth-order valence-electron chi connectivity index (χ4n) is 3.65. The van der Waals surface area contributed by atoms with E-state index in [9.17, 15) is 14.0 Å². The Balaban J connectivity index is 1.25. The molecule has 1 saturated heterocycles. The highest BCUT2D eigenvalue weighted by atomic mass is 35.5. The van der Waals surface area contributed by atoms with Crippen molar-refractivity contribution in [2.75, 3.05) is 44.6 Å². The molecular formula is C25H28Cl3FN4O2. The van der Waals surface area contributed by atoms with Crippen LogP contribution in [0.2, 0.25) is 15.1 Å². The number of amides is 3. The van der Waals surface area contributed by atoms with Gasteiger partial charge in [0.05, 0.1) is 15.1 Å². The Labute approximate surface area is 220 Å². The van der Waals surface area contributed by atoms with Crippen LogP contribution >= 0.6 is 34.8 Å². The van der Waals surface area contributed by atoms with Gasteiger partial charge in [-0.25, -0.2) is 9.18 Å². The van der Waals surface area contributed by atoms with Gasteiger partial charge in [-0.1, -0.05) is 47.3 Å². The maximum atomic E-state index is 13.3. The number of hydrogen-bond acceptors (Lipinski definition) is 3. The summed E-state index contributed by atoms with van der Waals surface area (Å²) in [6.45, 7) is 4.42. The molecule has 0 bridgehead atoms. The molecule has 35 heavy (non-hydrogen) atoms. The van der Waals surface area contributed by atoms with E-state index in [2.05, 4.69) is 15.5 Å². The fraction of sp³-hybridized carbons (Fsp3) is 0.360. The second kappa shape index (κ2) is 13.7. The van der Waals surface area contributed by atoms with Crippen molar-refractivity contribution in [3.8, 4) is 0 Å². The Morgan fingerprint density at radius 2 is 1.69 bits per heavy atom. The average Bonchev–Trinajstić information content (AvgIpc) is 2.84. The third-order valence-electron chi connectivity index (χ3n) is 5.65. The molecule has 1 aliphatic rings. The van der Waals surface area contributed by atoms with Crippen molar-refractivity contribution >= 4 is 58.5 Å². The summed E-state index contributed by atoms with van der Waals surface area (Å²) < 4.78 is 13.3. The highest BCUT2D eigenvalue weighted by Gasteiger charge is 2.21. The van der Waals surface area contributed by atoms with Crippen LogP contribution in [0.3, 0.4) is 0 Å². The van der Waals surface area contributed by atoms with E-state index in [0.717, 1.165) is 44.5 Å². The lowest BCUT2D eigenvalue weighted by atomic mass is 10.2. The van der Waals surface area contributed by atoms with Crippen LogP contribution in [0.25, 0.3) is 6.08 Å². The number of carbonyl (C=O) groups is 2. The maximum absolute atomic E-state index is 13.3. The molecule has 1 heterocycles. The van der Waals surface area contributed by atoms with Crippen molar-refractivity contribution in [1.29, 1.82) is 0 Å². The van der Waals surface area contributed by atoms with E-state index < -0.39 is 5.82 Å². The van der Waals surface area contributed by atoms with E-state index in [0.29, 0.717) is 35.4 Å². The predicted octanol–water partition coefficient (Wildman–Crippen LogP) is 5.94. The second-order valence-corrected chi connectivity index (χ2v) is 9.47. The average molecular weight is 542 g/mol. The van der Waals surface area contributed by atoms with Crippen LogP contribution in [0.15, 0.2) is 42.5 Å². The summed E-state index contributed by atoms with van der Waals surface area (Å²) in [6, 6.07) is 9.11. The molecule has 0 radical (unpaired) electrons. The number of nitrogens with one attached hydrogen (secondary N) is 2. The first-order chi connectivity index (χ1) is 16.8. The lowest BCUT2D eigenvalue weighted by Gasteiger charge is -2.34. The number of piperazine rings is 1. The van der Waals surface area contributed by atoms with Gasteiger partial charge in [-0.15, -0.1) is 0 Å². The standard InChI is InChI=1S/C25H28Cl3FN4O2/c26-20-7-4-18(16-21(20)27)5-9-24(34)30-10-2-1-3-11-32-12-14-33(15-13-32)25(35)31-19-6-8-23(29)22(28)17-19/h4-9,16-17H,1-3,10-15H2,(H,30,34)(H,31,35)/b9-5+. The number of hydrogen-bond donors (Lipinski definition) is 2. The number of nitrogens with zero attached hydrogens (tertiary/aromatic N) is 2. The van der Waals surface area contributed by atoms with Gasteiger partial charge in [0.1, 0.15) is 5.82 Å². The number of urea groups is 1. The minimum absolute atomic E-state index is 0.0213. The summed E-state index contributed by atoms with van der Waals surface area (Å²) in [7, 11) is 0. The van der Waals surface area contributed by atoms with Crippen molar-refractivity contribution in [3.05, 3.63) is 68.9 Å². The Morgan fingerprint density at radius 3 is 2.40 bits per heavy atom. The first-order valence-corrected chi connectivity index (χ1v) is 12.6. The Morgan fingerprint density at radius 1 is 0.914 bits per heavy atom. The molecule has 0 atom stereocenters. The third kappa shape index (κ3) is 9.00. The normalized spacial score (nSPS) is 14.3. The van der Waals surface area contributed by atoms with E-state index in [1.807, 2.05) is 0 Å². The first-order valence-electron chi connectivity index (χ1n) is 11.5. The van der Waals surface area contributed by atoms with Gasteiger partial charge in [0.25, 0.3) is 0 Å². The molecule has 3 amide bonds. The van der Waals surface area contributed by atoms with Crippen LogP contribution in [0.5, 0.6) is 0 Å². The molecule has 6 nitrogen and oxygen atoms in total. The van der Waals surface area contributed by atoms with Crippen LogP contribution < -0.4 is 10.6 Å². The van der Waals surface area contributed by atoms with Crippen molar-refractivity contribution in [1.82, 2.24) is 15.1 Å². The number of unbranched alkanes of at least 4 members (excludes halogenated alkanes) is 2. The molecule has 0 saturated carbocycles. The lowest BCUT2D eigenvalue weighted by molar-refractivity contribution is -0.116. The largest absolute Gasteiger partial charge is 0.353 e. The van der Waals surface area contributed by atoms with Crippen molar-refractivity contribution < 1.29 is 14.0 Å². The summed E-state index contributed by atoms with van der Waals surface area (Å²) in [4.78, 5) is 28.5. The summed E-state index contributed by atoms with van der Waals surface area (Å²) in [5.41, 5.74) is 1.28. The van der Waals surface area contributed by atoms with Gasteiger partial charge < -0.3 is 15.5 Å². The minimum Gasteiger partial charge on any atom is -0.353 e. The van der Waals surface area contributed by atoms with E-state index in [1.54, 1.807) is 29.2 Å². The number of anilines is 1. The molecule has 1 fully saturated rings. The number of carbonyl (C=O) groups excluding carboxylic acids is 2. The molecule has 2 aromatic carbocycles. The molecule has 2 N–H and O–H groups in total. The smallest absolute Gasteiger partial charge is 0.321 e. The summed E-state index contributed by atoms with van der Waals surface area (Å²) >= 11 is 17.6. The second-order valence-electron chi connectivity index (χ2n) is 8.25. The van der Waals surface area contributed by atoms with Crippen molar-refractivity contribution in [3.63, 3.8) is 0 Å². The Bertz CT molecular complexity index is 1060. The molecule has 1 aliphatic heterocycles. The van der Waals surface area contributed by atoms with Crippen LogP contribution in [0.4, 0.5) is 14.9 Å². The summed E-state index contributed by atoms with van der Waals surface area (Å²) in [5, 5.41) is 6.55. The van der Waals surface area contributed by atoms with Gasteiger partial charge >= 0.3 is 6.03 Å². The van der Waals surface area contributed by atoms with Gasteiger partial charge in [0.15, 0.2) is 0 Å². The van der Waals surface area contributed by atoms with Crippen molar-refractivity contribution in [2.24, 2.45) is 0 Å². The topological polar surface area (TPSA) is 64.7 Å². The monoisotopic (exact) mass is 540 g/mol. The fourth-order valence-corrected chi connectivity index (χ4v) is 4.13. The first kappa shape index (κ1) is 27.3. The highest BCUT2D eigenvalue weighted by Crippen LogP contribution is 2.23. The molecule has 10 heteroatoms. The Kier molecular flexibility index (Phi) is 10.7. The molecule has 188 valence electrons. The van der Waals surface area contributed by atoms with Gasteiger partial charge in [-0.2, -0.15) is 0 Å². The van der Waals surface area contributed by atoms with E-state index >= 15 is 0 Å². The third-order valence-corrected chi connectivity index (χ3v) is 6.68. The lowest BCUT2D eigenvalue weighted by Crippen LogP contribution is -2.50. The van der Waals surface area contributed by atoms with Gasteiger partial charge in [0, 0.05) is 44.5 Å². The van der Waals surface area contributed by atoms with E-state index in [-0.39, 0.29) is 17.0 Å². The van der Waals surface area contributed by atoms with Crippen molar-refractivity contribution in [2.45, 2.75) is 19.3 Å². The number of rotatable bonds is 9. The molecule has 3 rings (SSSR count). The van der Waals surface area contributed by atoms with E-state index in [4.69, 9.17) is 34.8 Å². The molecule has 0 unspecified atom stereocenters. The van der Waals surface area contributed by atoms with Crippen LogP contribution in [-0.2, 0) is 4.79 Å². The Hall–Kier alpha value is -2.32. The molecule has 0 aromatic heterocycles. The minimum atomic E-state index is -0.516. The van der Waals surface area contributed by atoms with Crippen LogP contribution in [0, 0.1) is 5.82 Å². The summed E-state index contributed by atoms with van der Waals surface area (Å²) in [5.74, 6) is -0.661. The molecule has 2 aromatic rings. The van der Waals surface area contributed by atoms with E-state index in [1.165, 1.54) is 24.3 Å². The number of halogens is 4. The molecule has 0 spiro atoms. The predicted molar refractivity (Wildman–Crippen MR) is 141 cm³/mol. The zero-order chi connectivity index (χ0) is 25.2. The van der Waals surface area contributed by atoms with Gasteiger partial charge in [-0.3, -0.25) is 9.69 Å². The molecular weight excluding hydrogens is 514 g/mol. The summed E-state index contributed by atoms with van der Waals surface area (Å²) in [6.07, 6.45) is 6.11. The zero-order valence-electron chi connectivity index (χ0n) is 19.2. The quantitative estimate of drug-likeness (QED) is 0.305. The van der Waals surface area contributed by atoms with Gasteiger partial charge in [-0.05, 0) is 61.4 Å². The zero-order valence-corrected chi connectivity index (χ0v) is 21.5. The maximum Gasteiger partial charge on any atom is 0.321 e. The molecule has 0 aliphatic carbocycles.